The molecule has 0 aliphatic rings. The van der Waals surface area contributed by atoms with Crippen molar-refractivity contribution in [3.8, 4) is 0 Å². The van der Waals surface area contributed by atoms with Gasteiger partial charge in [0.05, 0.1) is 23.0 Å². The van der Waals surface area contributed by atoms with Crippen LogP contribution < -0.4 is 11.0 Å². The molecule has 3 rings (SSSR count). The van der Waals surface area contributed by atoms with Gasteiger partial charge in [-0.3, -0.25) is 14.2 Å². The molecule has 0 spiro atoms. The van der Waals surface area contributed by atoms with Crippen LogP contribution in [-0.2, 0) is 11.3 Å². The van der Waals surface area contributed by atoms with E-state index in [4.69, 9.17) is 23.2 Å². The van der Waals surface area contributed by atoms with Crippen molar-refractivity contribution in [2.45, 2.75) is 20.4 Å². The molecule has 0 atom stereocenters. The number of amides is 1. The van der Waals surface area contributed by atoms with Gasteiger partial charge in [0.15, 0.2) is 0 Å². The zero-order chi connectivity index (χ0) is 18.8. The van der Waals surface area contributed by atoms with E-state index in [0.717, 1.165) is 10.4 Å². The van der Waals surface area contributed by atoms with Crippen LogP contribution in [0.15, 0.2) is 34.4 Å². The summed E-state index contributed by atoms with van der Waals surface area (Å²) >= 11 is 13.3. The monoisotopic (exact) mass is 408 g/mol. The van der Waals surface area contributed by atoms with Crippen LogP contribution in [0, 0.1) is 13.8 Å². The number of rotatable bonds is 4. The standard InChI is InChI=1S/C17H14Cl2N4O2S/c1-9-10(2)26-16-15(9)17(25)23(8-20-16)7-14(24)22-21-6-11-3-4-12(18)5-13(11)19/h3-6,8H,7H2,1-2H3,(H,22,24)/b21-6+. The number of thiophene rings is 1. The highest BCUT2D eigenvalue weighted by Crippen LogP contribution is 2.25. The Morgan fingerprint density at radius 3 is 2.88 bits per heavy atom. The number of benzene rings is 1. The minimum atomic E-state index is -0.445. The van der Waals surface area contributed by atoms with Crippen molar-refractivity contribution in [3.63, 3.8) is 0 Å². The Morgan fingerprint density at radius 2 is 2.15 bits per heavy atom. The minimum Gasteiger partial charge on any atom is -0.289 e. The second-order valence-electron chi connectivity index (χ2n) is 5.60. The van der Waals surface area contributed by atoms with E-state index in [0.29, 0.717) is 25.8 Å². The highest BCUT2D eigenvalue weighted by Gasteiger charge is 2.13. The lowest BCUT2D eigenvalue weighted by molar-refractivity contribution is -0.121. The third-order valence-corrected chi connectivity index (χ3v) is 5.50. The largest absolute Gasteiger partial charge is 0.289 e. The topological polar surface area (TPSA) is 76.3 Å². The molecule has 3 aromatic rings. The molecular weight excluding hydrogens is 395 g/mol. The lowest BCUT2D eigenvalue weighted by Gasteiger charge is -2.04. The zero-order valence-corrected chi connectivity index (χ0v) is 16.2. The Labute approximate surface area is 163 Å². The number of aryl methyl sites for hydroxylation is 2. The molecule has 1 aromatic carbocycles. The van der Waals surface area contributed by atoms with Gasteiger partial charge < -0.3 is 0 Å². The number of hydrogen-bond acceptors (Lipinski definition) is 5. The van der Waals surface area contributed by atoms with Gasteiger partial charge in [0.2, 0.25) is 0 Å². The molecule has 0 saturated heterocycles. The molecule has 1 N–H and O–H groups in total. The van der Waals surface area contributed by atoms with Gasteiger partial charge in [0.25, 0.3) is 11.5 Å². The summed E-state index contributed by atoms with van der Waals surface area (Å²) in [7, 11) is 0. The summed E-state index contributed by atoms with van der Waals surface area (Å²) in [6, 6.07) is 4.94. The molecule has 9 heteroatoms. The first-order chi connectivity index (χ1) is 12.4. The molecule has 0 aliphatic heterocycles. The van der Waals surface area contributed by atoms with E-state index in [1.54, 1.807) is 18.2 Å². The predicted molar refractivity (Wildman–Crippen MR) is 106 cm³/mol. The molecule has 0 radical (unpaired) electrons. The summed E-state index contributed by atoms with van der Waals surface area (Å²) in [5.41, 5.74) is 3.64. The lowest BCUT2D eigenvalue weighted by atomic mass is 10.2. The maximum absolute atomic E-state index is 12.6. The van der Waals surface area contributed by atoms with E-state index < -0.39 is 5.91 Å². The van der Waals surface area contributed by atoms with Crippen molar-refractivity contribution in [1.82, 2.24) is 15.0 Å². The van der Waals surface area contributed by atoms with Crippen molar-refractivity contribution in [2.24, 2.45) is 5.10 Å². The third-order valence-electron chi connectivity index (χ3n) is 3.83. The lowest BCUT2D eigenvalue weighted by Crippen LogP contribution is -2.30. The number of nitrogens with zero attached hydrogens (tertiary/aromatic N) is 3. The summed E-state index contributed by atoms with van der Waals surface area (Å²) in [5, 5.41) is 5.34. The van der Waals surface area contributed by atoms with Crippen LogP contribution in [0.5, 0.6) is 0 Å². The molecule has 1 amide bonds. The van der Waals surface area contributed by atoms with Crippen LogP contribution in [0.1, 0.15) is 16.0 Å². The molecule has 0 saturated carbocycles. The van der Waals surface area contributed by atoms with Crippen LogP contribution >= 0.6 is 34.5 Å². The Kier molecular flexibility index (Phi) is 5.41. The average Bonchev–Trinajstić information content (AvgIpc) is 2.87. The highest BCUT2D eigenvalue weighted by molar-refractivity contribution is 7.18. The number of halogens is 2. The first-order valence-corrected chi connectivity index (χ1v) is 9.16. The Bertz CT molecular complexity index is 1090. The quantitative estimate of drug-likeness (QED) is 0.529. The molecule has 0 fully saturated rings. The van der Waals surface area contributed by atoms with Crippen molar-refractivity contribution >= 4 is 56.9 Å². The smallest absolute Gasteiger partial charge is 0.262 e. The molecule has 2 heterocycles. The maximum atomic E-state index is 12.6. The zero-order valence-electron chi connectivity index (χ0n) is 13.9. The van der Waals surface area contributed by atoms with Crippen LogP contribution in [0.4, 0.5) is 0 Å². The van der Waals surface area contributed by atoms with E-state index >= 15 is 0 Å². The predicted octanol–water partition coefficient (Wildman–Crippen LogP) is 3.53. The Morgan fingerprint density at radius 1 is 1.38 bits per heavy atom. The van der Waals surface area contributed by atoms with Gasteiger partial charge >= 0.3 is 0 Å². The van der Waals surface area contributed by atoms with E-state index in [1.165, 1.54) is 28.4 Å². The number of nitrogens with one attached hydrogen (secondary N) is 1. The number of carbonyl (C=O) groups is 1. The van der Waals surface area contributed by atoms with Crippen LogP contribution in [0.25, 0.3) is 10.2 Å². The highest BCUT2D eigenvalue weighted by atomic mass is 35.5. The van der Waals surface area contributed by atoms with Crippen molar-refractivity contribution in [3.05, 3.63) is 60.9 Å². The third kappa shape index (κ3) is 3.80. The first-order valence-electron chi connectivity index (χ1n) is 7.59. The fourth-order valence-corrected chi connectivity index (χ4v) is 3.80. The van der Waals surface area contributed by atoms with Gasteiger partial charge in [-0.2, -0.15) is 5.10 Å². The fourth-order valence-electron chi connectivity index (χ4n) is 2.35. The normalized spacial score (nSPS) is 11.4. The number of aromatic nitrogens is 2. The van der Waals surface area contributed by atoms with Crippen molar-refractivity contribution in [1.29, 1.82) is 0 Å². The first kappa shape index (κ1) is 18.6. The van der Waals surface area contributed by atoms with Crippen LogP contribution in [0.2, 0.25) is 10.0 Å². The van der Waals surface area contributed by atoms with Crippen molar-refractivity contribution in [2.75, 3.05) is 0 Å². The van der Waals surface area contributed by atoms with Crippen LogP contribution in [0.3, 0.4) is 0 Å². The molecule has 134 valence electrons. The number of hydrogen-bond donors (Lipinski definition) is 1. The van der Waals surface area contributed by atoms with E-state index in [2.05, 4.69) is 15.5 Å². The molecule has 26 heavy (non-hydrogen) atoms. The number of hydrazone groups is 1. The number of fused-ring (bicyclic) bond motifs is 1. The molecule has 0 bridgehead atoms. The summed E-state index contributed by atoms with van der Waals surface area (Å²) in [4.78, 5) is 30.6. The summed E-state index contributed by atoms with van der Waals surface area (Å²) in [6.45, 7) is 3.64. The summed E-state index contributed by atoms with van der Waals surface area (Å²) in [5.74, 6) is -0.445. The minimum absolute atomic E-state index is 0.179. The van der Waals surface area contributed by atoms with Crippen LogP contribution in [-0.4, -0.2) is 21.7 Å². The maximum Gasteiger partial charge on any atom is 0.262 e. The van der Waals surface area contributed by atoms with Gasteiger partial charge in [0, 0.05) is 15.5 Å². The van der Waals surface area contributed by atoms with Crippen molar-refractivity contribution < 1.29 is 4.79 Å². The average molecular weight is 409 g/mol. The second kappa shape index (κ2) is 7.57. The summed E-state index contributed by atoms with van der Waals surface area (Å²) in [6.07, 6.45) is 2.78. The van der Waals surface area contributed by atoms with Gasteiger partial charge in [-0.25, -0.2) is 10.4 Å². The van der Waals surface area contributed by atoms with E-state index in [-0.39, 0.29) is 12.1 Å². The van der Waals surface area contributed by atoms with E-state index in [1.807, 2.05) is 13.8 Å². The van der Waals surface area contributed by atoms with Gasteiger partial charge in [-0.15, -0.1) is 11.3 Å². The number of carbonyl (C=O) groups excluding carboxylic acids is 1. The SMILES string of the molecule is Cc1sc2ncn(CC(=O)N/N=C/c3ccc(Cl)cc3Cl)c(=O)c2c1C. The molecule has 2 aromatic heterocycles. The van der Waals surface area contributed by atoms with Gasteiger partial charge in [0.1, 0.15) is 11.4 Å². The second-order valence-corrected chi connectivity index (χ2v) is 7.65. The fraction of sp³-hybridized carbons (Fsp3) is 0.176. The molecular formula is C17H14Cl2N4O2S. The molecule has 6 nitrogen and oxygen atoms in total. The molecule has 0 aliphatic carbocycles. The summed E-state index contributed by atoms with van der Waals surface area (Å²) < 4.78 is 1.27. The Hall–Kier alpha value is -2.22. The van der Waals surface area contributed by atoms with Gasteiger partial charge in [-0.1, -0.05) is 29.3 Å². The Balaban J connectivity index is 1.73. The van der Waals surface area contributed by atoms with E-state index in [9.17, 15) is 9.59 Å². The van der Waals surface area contributed by atoms with Gasteiger partial charge in [-0.05, 0) is 31.5 Å². The molecule has 0 unspecified atom stereocenters.